The number of hydrogen-bond acceptors (Lipinski definition) is 5. The molecule has 0 radical (unpaired) electrons. The van der Waals surface area contributed by atoms with Gasteiger partial charge in [0.05, 0.1) is 10.9 Å². The van der Waals surface area contributed by atoms with Gasteiger partial charge < -0.3 is 4.90 Å². The maximum absolute atomic E-state index is 12.8. The van der Waals surface area contributed by atoms with Crippen molar-refractivity contribution in [3.05, 3.63) is 29.3 Å². The molecule has 1 amide bonds. The molecule has 0 spiro atoms. The van der Waals surface area contributed by atoms with Gasteiger partial charge in [-0.3, -0.25) is 4.79 Å². The lowest BCUT2D eigenvalue weighted by molar-refractivity contribution is -0.132. The van der Waals surface area contributed by atoms with E-state index in [1.807, 2.05) is 24.0 Å². The van der Waals surface area contributed by atoms with Gasteiger partial charge in [-0.1, -0.05) is 37.2 Å². The van der Waals surface area contributed by atoms with Gasteiger partial charge in [0.15, 0.2) is 0 Å². The molecule has 134 valence electrons. The third-order valence-corrected chi connectivity index (χ3v) is 5.60. The van der Waals surface area contributed by atoms with Crippen LogP contribution in [0.3, 0.4) is 0 Å². The topological polar surface area (TPSA) is 63.9 Å². The molecule has 2 heterocycles. The number of amides is 1. The van der Waals surface area contributed by atoms with Crippen molar-refractivity contribution in [2.24, 2.45) is 11.8 Å². The minimum absolute atomic E-state index is 0.147. The molecule has 0 bridgehead atoms. The van der Waals surface area contributed by atoms with E-state index in [0.717, 1.165) is 18.8 Å². The fourth-order valence-electron chi connectivity index (χ4n) is 3.31. The molecule has 1 aromatic heterocycles. The summed E-state index contributed by atoms with van der Waals surface area (Å²) in [5.74, 6) is 1.24. The summed E-state index contributed by atoms with van der Waals surface area (Å²) in [6, 6.07) is 7.28. The Hall–Kier alpha value is -1.60. The second-order valence-electron chi connectivity index (χ2n) is 6.80. The van der Waals surface area contributed by atoms with Crippen molar-refractivity contribution in [1.29, 1.82) is 0 Å². The van der Waals surface area contributed by atoms with Crippen LogP contribution >= 0.6 is 23.4 Å². The highest BCUT2D eigenvalue weighted by Gasteiger charge is 2.29. The van der Waals surface area contributed by atoms with E-state index in [9.17, 15) is 4.79 Å². The van der Waals surface area contributed by atoms with Crippen molar-refractivity contribution in [3.8, 4) is 5.69 Å². The number of benzene rings is 1. The average Bonchev–Trinajstić information content (AvgIpc) is 3.02. The lowest BCUT2D eigenvalue weighted by Gasteiger charge is -2.36. The quantitative estimate of drug-likeness (QED) is 0.762. The monoisotopic (exact) mass is 379 g/mol. The Morgan fingerprint density at radius 2 is 1.88 bits per heavy atom. The Balaban J connectivity index is 1.71. The molecular formula is C17H22ClN5OS. The highest BCUT2D eigenvalue weighted by Crippen LogP contribution is 2.27. The normalized spacial score (nSPS) is 22.0. The fourth-order valence-corrected chi connectivity index (χ4v) is 4.32. The van der Waals surface area contributed by atoms with Crippen molar-refractivity contribution >= 4 is 29.3 Å². The third-order valence-electron chi connectivity index (χ3n) is 4.32. The van der Waals surface area contributed by atoms with Crippen LogP contribution in [0.1, 0.15) is 27.2 Å². The number of piperidine rings is 1. The standard InChI is InChI=1S/C17H22ClN5OS/c1-11-8-12(2)10-22(9-11)16(24)13(3)25-17-19-20-21-23(17)15-6-4-14(18)5-7-15/h4-7,11-13H,8-10H2,1-3H3/t11-,12-,13+/m0/s1. The zero-order chi connectivity index (χ0) is 18.0. The number of hydrogen-bond donors (Lipinski definition) is 0. The van der Waals surface area contributed by atoms with Crippen LogP contribution in [0.15, 0.2) is 29.4 Å². The smallest absolute Gasteiger partial charge is 0.235 e. The summed E-state index contributed by atoms with van der Waals surface area (Å²) in [5.41, 5.74) is 0.816. The van der Waals surface area contributed by atoms with Gasteiger partial charge in [0, 0.05) is 18.1 Å². The summed E-state index contributed by atoms with van der Waals surface area (Å²) in [5, 5.41) is 12.9. The van der Waals surface area contributed by atoms with E-state index in [0.29, 0.717) is 22.0 Å². The number of aromatic nitrogens is 4. The molecule has 3 atom stereocenters. The maximum atomic E-state index is 12.8. The first-order valence-corrected chi connectivity index (χ1v) is 9.69. The number of nitrogens with zero attached hydrogens (tertiary/aromatic N) is 5. The highest BCUT2D eigenvalue weighted by molar-refractivity contribution is 8.00. The fraction of sp³-hybridized carbons (Fsp3) is 0.529. The average molecular weight is 380 g/mol. The third kappa shape index (κ3) is 4.33. The number of carbonyl (C=O) groups excluding carboxylic acids is 1. The van der Waals surface area contributed by atoms with Crippen LogP contribution in [0, 0.1) is 11.8 Å². The van der Waals surface area contributed by atoms with Gasteiger partial charge in [0.1, 0.15) is 0 Å². The zero-order valence-corrected chi connectivity index (χ0v) is 16.2. The summed E-state index contributed by atoms with van der Waals surface area (Å²) in [6.07, 6.45) is 1.18. The number of rotatable bonds is 4. The summed E-state index contributed by atoms with van der Waals surface area (Å²) in [7, 11) is 0. The van der Waals surface area contributed by atoms with Crippen LogP contribution in [-0.2, 0) is 4.79 Å². The first kappa shape index (κ1) is 18.2. The van der Waals surface area contributed by atoms with Crippen molar-refractivity contribution in [2.75, 3.05) is 13.1 Å². The number of tetrazole rings is 1. The van der Waals surface area contributed by atoms with Crippen molar-refractivity contribution in [3.63, 3.8) is 0 Å². The molecule has 1 saturated heterocycles. The summed E-state index contributed by atoms with van der Waals surface area (Å²) < 4.78 is 1.63. The van der Waals surface area contributed by atoms with Crippen molar-refractivity contribution in [1.82, 2.24) is 25.1 Å². The van der Waals surface area contributed by atoms with Gasteiger partial charge in [-0.25, -0.2) is 0 Å². The molecule has 0 saturated carbocycles. The predicted octanol–water partition coefficient (Wildman–Crippen LogP) is 3.30. The molecule has 3 rings (SSSR count). The van der Waals surface area contributed by atoms with Gasteiger partial charge in [-0.05, 0) is 59.9 Å². The molecular weight excluding hydrogens is 358 g/mol. The second-order valence-corrected chi connectivity index (χ2v) is 8.54. The van der Waals surface area contributed by atoms with Gasteiger partial charge in [-0.2, -0.15) is 4.68 Å². The molecule has 0 N–H and O–H groups in total. The number of thioether (sulfide) groups is 1. The molecule has 8 heteroatoms. The van der Waals surface area contributed by atoms with Crippen molar-refractivity contribution < 1.29 is 4.79 Å². The molecule has 1 aliphatic rings. The lowest BCUT2D eigenvalue weighted by atomic mass is 9.92. The Bertz CT molecular complexity index is 725. The summed E-state index contributed by atoms with van der Waals surface area (Å²) in [6.45, 7) is 7.98. The minimum atomic E-state index is -0.241. The van der Waals surface area contributed by atoms with E-state index in [2.05, 4.69) is 29.4 Å². The number of carbonyl (C=O) groups is 1. The molecule has 0 unspecified atom stereocenters. The molecule has 25 heavy (non-hydrogen) atoms. The van der Waals surface area contributed by atoms with E-state index in [1.165, 1.54) is 18.2 Å². The van der Waals surface area contributed by atoms with Crippen LogP contribution in [0.4, 0.5) is 0 Å². The van der Waals surface area contributed by atoms with Gasteiger partial charge in [0.2, 0.25) is 11.1 Å². The molecule has 0 aliphatic carbocycles. The van der Waals surface area contributed by atoms with Crippen LogP contribution in [0.2, 0.25) is 5.02 Å². The van der Waals surface area contributed by atoms with Crippen LogP contribution in [0.25, 0.3) is 5.69 Å². The minimum Gasteiger partial charge on any atom is -0.341 e. The summed E-state index contributed by atoms with van der Waals surface area (Å²) in [4.78, 5) is 14.8. The van der Waals surface area contributed by atoms with E-state index in [4.69, 9.17) is 11.6 Å². The maximum Gasteiger partial charge on any atom is 0.235 e. The molecule has 6 nitrogen and oxygen atoms in total. The highest BCUT2D eigenvalue weighted by atomic mass is 35.5. The Morgan fingerprint density at radius 1 is 1.24 bits per heavy atom. The zero-order valence-electron chi connectivity index (χ0n) is 14.6. The Kier molecular flexibility index (Phi) is 5.64. The Labute approximate surface area is 156 Å². The second kappa shape index (κ2) is 7.74. The first-order chi connectivity index (χ1) is 11.9. The van der Waals surface area contributed by atoms with Gasteiger partial charge >= 0.3 is 0 Å². The Morgan fingerprint density at radius 3 is 2.52 bits per heavy atom. The van der Waals surface area contributed by atoms with Crippen LogP contribution in [0.5, 0.6) is 0 Å². The largest absolute Gasteiger partial charge is 0.341 e. The van der Waals surface area contributed by atoms with Crippen molar-refractivity contribution in [2.45, 2.75) is 37.6 Å². The van der Waals surface area contributed by atoms with Gasteiger partial charge in [-0.15, -0.1) is 5.10 Å². The molecule has 2 aromatic rings. The van der Waals surface area contributed by atoms with E-state index in [-0.39, 0.29) is 11.2 Å². The predicted molar refractivity (Wildman–Crippen MR) is 99.0 cm³/mol. The molecule has 1 aromatic carbocycles. The van der Waals surface area contributed by atoms with E-state index in [1.54, 1.807) is 16.8 Å². The van der Waals surface area contributed by atoms with E-state index < -0.39 is 0 Å². The summed E-state index contributed by atoms with van der Waals surface area (Å²) >= 11 is 7.31. The first-order valence-electron chi connectivity index (χ1n) is 8.43. The lowest BCUT2D eigenvalue weighted by Crippen LogP contribution is -2.45. The SMILES string of the molecule is C[C@H]1C[C@H](C)CN(C(=O)[C@@H](C)Sc2nnnn2-c2ccc(Cl)cc2)C1. The number of likely N-dealkylation sites (tertiary alicyclic amines) is 1. The van der Waals surface area contributed by atoms with E-state index >= 15 is 0 Å². The molecule has 1 fully saturated rings. The van der Waals surface area contributed by atoms with Crippen LogP contribution in [-0.4, -0.2) is 49.4 Å². The number of halogens is 1. The molecule has 1 aliphatic heterocycles. The van der Waals surface area contributed by atoms with Crippen LogP contribution < -0.4 is 0 Å². The van der Waals surface area contributed by atoms with Gasteiger partial charge in [0.25, 0.3) is 0 Å².